The fraction of sp³-hybridized carbons (Fsp3) is 0.533. The van der Waals surface area contributed by atoms with Gasteiger partial charge < -0.3 is 36.9 Å². The Morgan fingerprint density at radius 2 is 1.89 bits per heavy atom. The molecule has 0 fully saturated rings. The standard InChI is InChI=1S/C15H24N6O6/c1-7(16)13(24)18-5-11(23)20-10(3-9-4-17-6-19-9)14(25)21-12(8(2)22)15(26)27/h4,6-8,10,12,22H,3,5,16H2,1-2H3,(H,17,19)(H,18,24)(H,20,23)(H,21,25)(H,26,27). The monoisotopic (exact) mass is 384 g/mol. The molecule has 0 saturated heterocycles. The molecule has 0 aliphatic heterocycles. The summed E-state index contributed by atoms with van der Waals surface area (Å²) in [7, 11) is 0. The van der Waals surface area contributed by atoms with Gasteiger partial charge in [0.25, 0.3) is 0 Å². The van der Waals surface area contributed by atoms with E-state index in [4.69, 9.17) is 10.8 Å². The molecule has 4 atom stereocenters. The van der Waals surface area contributed by atoms with Crippen LogP contribution < -0.4 is 21.7 Å². The van der Waals surface area contributed by atoms with E-state index in [1.54, 1.807) is 0 Å². The Labute approximate surface area is 154 Å². The third kappa shape index (κ3) is 7.42. The minimum Gasteiger partial charge on any atom is -0.480 e. The number of imidazole rings is 1. The Kier molecular flexibility index (Phi) is 8.35. The number of aliphatic carboxylic acids is 1. The van der Waals surface area contributed by atoms with Gasteiger partial charge in [-0.3, -0.25) is 14.4 Å². The van der Waals surface area contributed by atoms with E-state index in [9.17, 15) is 24.3 Å². The first-order chi connectivity index (χ1) is 12.6. The van der Waals surface area contributed by atoms with Crippen molar-refractivity contribution in [3.8, 4) is 0 Å². The van der Waals surface area contributed by atoms with E-state index in [1.165, 1.54) is 26.4 Å². The molecule has 0 aliphatic carbocycles. The van der Waals surface area contributed by atoms with Crippen molar-refractivity contribution < 1.29 is 29.4 Å². The molecule has 1 heterocycles. The lowest BCUT2D eigenvalue weighted by Crippen LogP contribution is -2.56. The first-order valence-corrected chi connectivity index (χ1v) is 8.13. The van der Waals surface area contributed by atoms with Gasteiger partial charge in [-0.25, -0.2) is 9.78 Å². The highest BCUT2D eigenvalue weighted by Gasteiger charge is 2.29. The number of nitrogens with two attached hydrogens (primary N) is 1. The normalized spacial score (nSPS) is 15.1. The lowest BCUT2D eigenvalue weighted by atomic mass is 10.1. The van der Waals surface area contributed by atoms with E-state index in [2.05, 4.69) is 25.9 Å². The molecule has 27 heavy (non-hydrogen) atoms. The van der Waals surface area contributed by atoms with Gasteiger partial charge in [-0.05, 0) is 13.8 Å². The lowest BCUT2D eigenvalue weighted by molar-refractivity contribution is -0.145. The number of amides is 3. The number of nitrogens with one attached hydrogen (secondary N) is 4. The Balaban J connectivity index is 2.80. The molecular weight excluding hydrogens is 360 g/mol. The van der Waals surface area contributed by atoms with Crippen molar-refractivity contribution in [2.45, 2.75) is 44.5 Å². The van der Waals surface area contributed by atoms with Crippen LogP contribution in [-0.2, 0) is 25.6 Å². The van der Waals surface area contributed by atoms with E-state index < -0.39 is 54.5 Å². The Morgan fingerprint density at radius 1 is 1.22 bits per heavy atom. The Hall–Kier alpha value is -2.99. The van der Waals surface area contributed by atoms with Crippen molar-refractivity contribution in [3.63, 3.8) is 0 Å². The van der Waals surface area contributed by atoms with Crippen LogP contribution >= 0.6 is 0 Å². The summed E-state index contributed by atoms with van der Waals surface area (Å²) < 4.78 is 0. The predicted octanol–water partition coefficient (Wildman–Crippen LogP) is -3.15. The van der Waals surface area contributed by atoms with Crippen molar-refractivity contribution in [1.29, 1.82) is 0 Å². The van der Waals surface area contributed by atoms with Crippen LogP contribution in [0.25, 0.3) is 0 Å². The van der Waals surface area contributed by atoms with Crippen molar-refractivity contribution >= 4 is 23.7 Å². The minimum absolute atomic E-state index is 0.00897. The van der Waals surface area contributed by atoms with E-state index in [0.29, 0.717) is 5.69 Å². The van der Waals surface area contributed by atoms with E-state index >= 15 is 0 Å². The number of hydrogen-bond acceptors (Lipinski definition) is 7. The highest BCUT2D eigenvalue weighted by Crippen LogP contribution is 2.01. The van der Waals surface area contributed by atoms with Crippen molar-refractivity contribution in [3.05, 3.63) is 18.2 Å². The molecule has 1 aromatic rings. The van der Waals surface area contributed by atoms with Crippen LogP contribution in [0.3, 0.4) is 0 Å². The average Bonchev–Trinajstić information content (AvgIpc) is 3.08. The minimum atomic E-state index is -1.54. The fourth-order valence-corrected chi connectivity index (χ4v) is 2.04. The number of carbonyl (C=O) groups is 4. The summed E-state index contributed by atoms with van der Waals surface area (Å²) in [5.41, 5.74) is 5.89. The number of aliphatic hydroxyl groups is 1. The number of rotatable bonds is 10. The molecule has 1 aromatic heterocycles. The highest BCUT2D eigenvalue weighted by molar-refractivity contribution is 5.92. The topological polar surface area (TPSA) is 200 Å². The zero-order valence-electron chi connectivity index (χ0n) is 14.9. The molecule has 0 aromatic carbocycles. The summed E-state index contributed by atoms with van der Waals surface area (Å²) in [5.74, 6) is -3.45. The SMILES string of the molecule is CC(N)C(=O)NCC(=O)NC(Cc1cnc[nH]1)C(=O)NC(C(=O)O)C(C)O. The van der Waals surface area contributed by atoms with Crippen LogP contribution in [0.2, 0.25) is 0 Å². The Bertz CT molecular complexity index is 660. The third-order valence-corrected chi connectivity index (χ3v) is 3.51. The van der Waals surface area contributed by atoms with Gasteiger partial charge in [0.1, 0.15) is 6.04 Å². The number of nitrogens with zero attached hydrogens (tertiary/aromatic N) is 1. The molecule has 150 valence electrons. The molecule has 0 bridgehead atoms. The summed E-state index contributed by atoms with van der Waals surface area (Å²) in [4.78, 5) is 53.6. The van der Waals surface area contributed by atoms with Crippen LogP contribution in [0.5, 0.6) is 0 Å². The van der Waals surface area contributed by atoms with Crippen LogP contribution in [0.1, 0.15) is 19.5 Å². The second-order valence-electron chi connectivity index (χ2n) is 5.97. The quantitative estimate of drug-likeness (QED) is 0.219. The fourth-order valence-electron chi connectivity index (χ4n) is 2.04. The number of aromatic nitrogens is 2. The number of aromatic amines is 1. The third-order valence-electron chi connectivity index (χ3n) is 3.51. The first-order valence-electron chi connectivity index (χ1n) is 8.13. The number of H-pyrrole nitrogens is 1. The van der Waals surface area contributed by atoms with Gasteiger partial charge in [0.15, 0.2) is 6.04 Å². The Morgan fingerprint density at radius 3 is 2.37 bits per heavy atom. The van der Waals surface area contributed by atoms with E-state index in [-0.39, 0.29) is 6.42 Å². The highest BCUT2D eigenvalue weighted by atomic mass is 16.4. The van der Waals surface area contributed by atoms with Crippen LogP contribution in [0, 0.1) is 0 Å². The molecular formula is C15H24N6O6. The number of carboxylic acid groups (broad SMARTS) is 1. The number of aliphatic hydroxyl groups excluding tert-OH is 1. The summed E-state index contributed by atoms with van der Waals surface area (Å²) in [6, 6.07) is -3.51. The summed E-state index contributed by atoms with van der Waals surface area (Å²) in [6.45, 7) is 2.25. The van der Waals surface area contributed by atoms with Crippen molar-refractivity contribution in [1.82, 2.24) is 25.9 Å². The lowest BCUT2D eigenvalue weighted by Gasteiger charge is -2.22. The van der Waals surface area contributed by atoms with Crippen LogP contribution in [0.4, 0.5) is 0 Å². The van der Waals surface area contributed by atoms with Crippen molar-refractivity contribution in [2.75, 3.05) is 6.54 Å². The molecule has 1 rings (SSSR count). The molecule has 8 N–H and O–H groups in total. The predicted molar refractivity (Wildman–Crippen MR) is 92.1 cm³/mol. The smallest absolute Gasteiger partial charge is 0.328 e. The van der Waals surface area contributed by atoms with Crippen molar-refractivity contribution in [2.24, 2.45) is 5.73 Å². The number of carboxylic acids is 1. The molecule has 0 saturated carbocycles. The maximum Gasteiger partial charge on any atom is 0.328 e. The van der Waals surface area contributed by atoms with Crippen LogP contribution in [0.15, 0.2) is 12.5 Å². The second-order valence-corrected chi connectivity index (χ2v) is 5.97. The maximum atomic E-state index is 12.4. The average molecular weight is 384 g/mol. The van der Waals surface area contributed by atoms with E-state index in [0.717, 1.165) is 0 Å². The van der Waals surface area contributed by atoms with Gasteiger partial charge in [-0.2, -0.15) is 0 Å². The molecule has 0 aliphatic rings. The number of hydrogen-bond donors (Lipinski definition) is 7. The van der Waals surface area contributed by atoms with Crippen LogP contribution in [-0.4, -0.2) is 74.6 Å². The van der Waals surface area contributed by atoms with Gasteiger partial charge in [0.05, 0.1) is 25.0 Å². The second kappa shape index (κ2) is 10.2. The van der Waals surface area contributed by atoms with Gasteiger partial charge in [-0.1, -0.05) is 0 Å². The zero-order chi connectivity index (χ0) is 20.6. The zero-order valence-corrected chi connectivity index (χ0v) is 14.9. The van der Waals surface area contributed by atoms with Gasteiger partial charge >= 0.3 is 5.97 Å². The summed E-state index contributed by atoms with van der Waals surface area (Å²) in [6.07, 6.45) is 1.46. The summed E-state index contributed by atoms with van der Waals surface area (Å²) >= 11 is 0. The molecule has 4 unspecified atom stereocenters. The molecule has 0 spiro atoms. The largest absolute Gasteiger partial charge is 0.480 e. The number of carbonyl (C=O) groups excluding carboxylic acids is 3. The summed E-state index contributed by atoms with van der Waals surface area (Å²) in [5, 5.41) is 25.4. The first kappa shape index (κ1) is 22.1. The van der Waals surface area contributed by atoms with Gasteiger partial charge in [0, 0.05) is 18.3 Å². The molecule has 0 radical (unpaired) electrons. The molecule has 12 nitrogen and oxygen atoms in total. The maximum absolute atomic E-state index is 12.4. The molecule has 3 amide bonds. The molecule has 12 heteroatoms. The van der Waals surface area contributed by atoms with Gasteiger partial charge in [-0.15, -0.1) is 0 Å². The van der Waals surface area contributed by atoms with Gasteiger partial charge in [0.2, 0.25) is 17.7 Å². The van der Waals surface area contributed by atoms with E-state index in [1.807, 2.05) is 0 Å².